The Labute approximate surface area is 153 Å². The topological polar surface area (TPSA) is 58.1 Å². The van der Waals surface area contributed by atoms with Crippen LogP contribution in [0.15, 0.2) is 30.5 Å². The van der Waals surface area contributed by atoms with Crippen LogP contribution in [0.1, 0.15) is 31.5 Å². The molecule has 2 aromatic rings. The minimum absolute atomic E-state index is 0.0285. The number of fused-ring (bicyclic) bond motifs is 1. The maximum Gasteiger partial charge on any atom is 0.227 e. The second-order valence-corrected chi connectivity index (χ2v) is 6.69. The normalized spacial score (nSPS) is 16.2. The molecule has 0 fully saturated rings. The van der Waals surface area contributed by atoms with Crippen molar-refractivity contribution in [2.45, 2.75) is 33.1 Å². The molecule has 0 radical (unpaired) electrons. The summed E-state index contributed by atoms with van der Waals surface area (Å²) in [5.41, 5.74) is 2.88. The molecule has 1 atom stereocenters. The fraction of sp³-hybridized carbons (Fsp3) is 0.421. The number of rotatable bonds is 5. The average molecular weight is 359 g/mol. The van der Waals surface area contributed by atoms with Gasteiger partial charge in [-0.25, -0.2) is 9.97 Å². The number of amides is 1. The number of benzene rings is 1. The summed E-state index contributed by atoms with van der Waals surface area (Å²) in [6.45, 7) is 5.98. The number of halogens is 1. The number of hydrogen-bond acceptors (Lipinski definition) is 4. The summed E-state index contributed by atoms with van der Waals surface area (Å²) < 4.78 is 0. The van der Waals surface area contributed by atoms with Gasteiger partial charge in [0.2, 0.25) is 11.9 Å². The Morgan fingerprint density at radius 2 is 2.16 bits per heavy atom. The quantitative estimate of drug-likeness (QED) is 0.885. The van der Waals surface area contributed by atoms with Crippen LogP contribution in [-0.2, 0) is 17.6 Å². The monoisotopic (exact) mass is 358 g/mol. The molecule has 0 aliphatic heterocycles. The molecule has 0 unspecified atom stereocenters. The van der Waals surface area contributed by atoms with Gasteiger partial charge in [0.1, 0.15) is 0 Å². The summed E-state index contributed by atoms with van der Waals surface area (Å²) in [5, 5.41) is 3.57. The summed E-state index contributed by atoms with van der Waals surface area (Å²) in [5.74, 6) is 0.751. The number of hydrogen-bond donors (Lipinski definition) is 1. The van der Waals surface area contributed by atoms with E-state index in [9.17, 15) is 4.79 Å². The van der Waals surface area contributed by atoms with Crippen molar-refractivity contribution in [3.63, 3.8) is 0 Å². The van der Waals surface area contributed by atoms with Gasteiger partial charge in [0, 0.05) is 41.6 Å². The average Bonchev–Trinajstić information content (AvgIpc) is 2.62. The minimum Gasteiger partial charge on any atom is -0.341 e. The Balaban J connectivity index is 1.69. The zero-order valence-electron chi connectivity index (χ0n) is 14.6. The first-order chi connectivity index (χ1) is 12.1. The molecule has 1 aliphatic carbocycles. The number of aromatic nitrogens is 2. The fourth-order valence-corrected chi connectivity index (χ4v) is 3.38. The molecule has 6 heteroatoms. The van der Waals surface area contributed by atoms with Crippen molar-refractivity contribution in [3.8, 4) is 0 Å². The summed E-state index contributed by atoms with van der Waals surface area (Å²) in [4.78, 5) is 23.9. The molecule has 0 bridgehead atoms. The van der Waals surface area contributed by atoms with E-state index in [-0.39, 0.29) is 11.8 Å². The van der Waals surface area contributed by atoms with Gasteiger partial charge in [0.05, 0.1) is 0 Å². The van der Waals surface area contributed by atoms with Crippen LogP contribution in [0.2, 0.25) is 5.02 Å². The van der Waals surface area contributed by atoms with Gasteiger partial charge >= 0.3 is 0 Å². The highest BCUT2D eigenvalue weighted by atomic mass is 35.5. The van der Waals surface area contributed by atoms with Gasteiger partial charge in [0.25, 0.3) is 0 Å². The van der Waals surface area contributed by atoms with E-state index in [1.807, 2.05) is 18.3 Å². The van der Waals surface area contributed by atoms with Gasteiger partial charge in [0.15, 0.2) is 0 Å². The van der Waals surface area contributed by atoms with Gasteiger partial charge in [-0.05, 0) is 56.9 Å². The Morgan fingerprint density at radius 3 is 2.88 bits per heavy atom. The number of nitrogens with one attached hydrogen (secondary N) is 1. The largest absolute Gasteiger partial charge is 0.341 e. The lowest BCUT2D eigenvalue weighted by atomic mass is 9.86. The molecule has 1 aliphatic rings. The van der Waals surface area contributed by atoms with Crippen LogP contribution in [-0.4, -0.2) is 29.0 Å². The van der Waals surface area contributed by atoms with E-state index in [4.69, 9.17) is 16.6 Å². The fourth-order valence-electron chi connectivity index (χ4n) is 3.19. The molecule has 1 amide bonds. The standard InChI is InChI=1S/C19H23ClN4O/c1-3-24(4-2)19-21-12-14-10-13(8-9-17(14)23-19)18(25)22-16-7-5-6-15(20)11-16/h5-7,11-13H,3-4,8-10H2,1-2H3,(H,22,25)/t13-/m1/s1. The second kappa shape index (κ2) is 7.83. The summed E-state index contributed by atoms with van der Waals surface area (Å²) in [7, 11) is 0. The van der Waals surface area contributed by atoms with E-state index in [1.54, 1.807) is 12.1 Å². The Hall–Kier alpha value is -2.14. The molecule has 132 valence electrons. The first kappa shape index (κ1) is 17.7. The van der Waals surface area contributed by atoms with E-state index >= 15 is 0 Å². The van der Waals surface area contributed by atoms with Crippen LogP contribution in [0.3, 0.4) is 0 Å². The predicted octanol–water partition coefficient (Wildman–Crippen LogP) is 3.72. The number of carbonyl (C=O) groups is 1. The number of nitrogens with zero attached hydrogens (tertiary/aromatic N) is 3. The van der Waals surface area contributed by atoms with Crippen LogP contribution < -0.4 is 10.2 Å². The van der Waals surface area contributed by atoms with Gasteiger partial charge < -0.3 is 10.2 Å². The minimum atomic E-state index is -0.0608. The zero-order chi connectivity index (χ0) is 17.8. The van der Waals surface area contributed by atoms with Crippen molar-refractivity contribution in [3.05, 3.63) is 46.7 Å². The van der Waals surface area contributed by atoms with Crippen molar-refractivity contribution < 1.29 is 4.79 Å². The van der Waals surface area contributed by atoms with E-state index in [0.29, 0.717) is 11.4 Å². The van der Waals surface area contributed by atoms with E-state index in [0.717, 1.165) is 48.8 Å². The van der Waals surface area contributed by atoms with E-state index in [2.05, 4.69) is 29.0 Å². The smallest absolute Gasteiger partial charge is 0.227 e. The SMILES string of the molecule is CCN(CC)c1ncc2c(n1)CC[C@@H](C(=O)Nc1cccc(Cl)c1)C2. The van der Waals surface area contributed by atoms with Crippen molar-refractivity contribution in [1.29, 1.82) is 0 Å². The van der Waals surface area contributed by atoms with Crippen LogP contribution in [0.5, 0.6) is 0 Å². The van der Waals surface area contributed by atoms with Crippen LogP contribution >= 0.6 is 11.6 Å². The van der Waals surface area contributed by atoms with Crippen LogP contribution in [0.4, 0.5) is 11.6 Å². The summed E-state index contributed by atoms with van der Waals surface area (Å²) in [6, 6.07) is 7.23. The molecule has 0 spiro atoms. The Kier molecular flexibility index (Phi) is 5.53. The van der Waals surface area contributed by atoms with Crippen molar-refractivity contribution in [2.75, 3.05) is 23.3 Å². The first-order valence-corrected chi connectivity index (χ1v) is 9.14. The highest BCUT2D eigenvalue weighted by Crippen LogP contribution is 2.26. The molecular formula is C19H23ClN4O. The van der Waals surface area contributed by atoms with E-state index in [1.165, 1.54) is 0 Å². The van der Waals surface area contributed by atoms with Gasteiger partial charge in [-0.15, -0.1) is 0 Å². The molecule has 1 aromatic carbocycles. The highest BCUT2D eigenvalue weighted by molar-refractivity contribution is 6.30. The molecule has 0 saturated heterocycles. The molecular weight excluding hydrogens is 336 g/mol. The Morgan fingerprint density at radius 1 is 1.36 bits per heavy atom. The lowest BCUT2D eigenvalue weighted by Crippen LogP contribution is -2.30. The third-order valence-corrected chi connectivity index (χ3v) is 4.88. The molecule has 3 rings (SSSR count). The van der Waals surface area contributed by atoms with Crippen molar-refractivity contribution >= 4 is 29.1 Å². The summed E-state index contributed by atoms with van der Waals surface area (Å²) in [6.07, 6.45) is 4.17. The van der Waals surface area contributed by atoms with Gasteiger partial charge in [-0.2, -0.15) is 0 Å². The lowest BCUT2D eigenvalue weighted by molar-refractivity contribution is -0.120. The maximum atomic E-state index is 12.6. The third kappa shape index (κ3) is 4.10. The summed E-state index contributed by atoms with van der Waals surface area (Å²) >= 11 is 5.97. The molecule has 0 saturated carbocycles. The van der Waals surface area contributed by atoms with Crippen LogP contribution in [0, 0.1) is 5.92 Å². The lowest BCUT2D eigenvalue weighted by Gasteiger charge is -2.25. The van der Waals surface area contributed by atoms with Gasteiger partial charge in [-0.3, -0.25) is 4.79 Å². The molecule has 1 N–H and O–H groups in total. The molecule has 25 heavy (non-hydrogen) atoms. The second-order valence-electron chi connectivity index (χ2n) is 6.25. The molecule has 1 aromatic heterocycles. The number of carbonyl (C=O) groups excluding carboxylic acids is 1. The van der Waals surface area contributed by atoms with Crippen molar-refractivity contribution in [1.82, 2.24) is 9.97 Å². The molecule has 5 nitrogen and oxygen atoms in total. The molecule has 1 heterocycles. The zero-order valence-corrected chi connectivity index (χ0v) is 15.4. The highest BCUT2D eigenvalue weighted by Gasteiger charge is 2.26. The van der Waals surface area contributed by atoms with Crippen LogP contribution in [0.25, 0.3) is 0 Å². The number of anilines is 2. The van der Waals surface area contributed by atoms with Crippen molar-refractivity contribution in [2.24, 2.45) is 5.92 Å². The Bertz CT molecular complexity index is 761. The predicted molar refractivity (Wildman–Crippen MR) is 101 cm³/mol. The third-order valence-electron chi connectivity index (χ3n) is 4.65. The maximum absolute atomic E-state index is 12.6. The van der Waals surface area contributed by atoms with E-state index < -0.39 is 0 Å². The first-order valence-electron chi connectivity index (χ1n) is 8.76. The van der Waals surface area contributed by atoms with Gasteiger partial charge in [-0.1, -0.05) is 17.7 Å². The number of aryl methyl sites for hydroxylation is 1.